The topological polar surface area (TPSA) is 83.6 Å². The van der Waals surface area contributed by atoms with Crippen molar-refractivity contribution in [3.63, 3.8) is 0 Å². The summed E-state index contributed by atoms with van der Waals surface area (Å²) in [6, 6.07) is 10.6. The van der Waals surface area contributed by atoms with Gasteiger partial charge in [0.1, 0.15) is 11.6 Å². The van der Waals surface area contributed by atoms with Gasteiger partial charge in [0, 0.05) is 32.4 Å². The second-order valence-corrected chi connectivity index (χ2v) is 6.60. The maximum atomic E-state index is 12.2. The number of unbranched alkanes of at least 4 members (excludes halogenated alkanes) is 1. The Balaban J connectivity index is 1.76. The second kappa shape index (κ2) is 10.9. The quantitative estimate of drug-likeness (QED) is 0.615. The Kier molecular flexibility index (Phi) is 8.27. The smallest absolute Gasteiger partial charge is 0.251 e. The zero-order valence-electron chi connectivity index (χ0n) is 16.7. The van der Waals surface area contributed by atoms with Crippen LogP contribution in [0.5, 0.6) is 5.75 Å². The molecular formula is C21H28N4O3. The Hall–Kier alpha value is -3.09. The SMILES string of the molecule is CCCCOc1ccc(C(=O)NCC(=O)NCc2ccnc(N(C)C)c2)cc1. The number of rotatable bonds is 10. The van der Waals surface area contributed by atoms with Crippen LogP contribution in [0.3, 0.4) is 0 Å². The third-order valence-electron chi connectivity index (χ3n) is 4.05. The van der Waals surface area contributed by atoms with Crippen molar-refractivity contribution in [2.24, 2.45) is 0 Å². The first kappa shape index (κ1) is 21.2. The highest BCUT2D eigenvalue weighted by Crippen LogP contribution is 2.13. The Morgan fingerprint density at radius 3 is 2.54 bits per heavy atom. The van der Waals surface area contributed by atoms with Crippen molar-refractivity contribution >= 4 is 17.6 Å². The minimum Gasteiger partial charge on any atom is -0.494 e. The van der Waals surface area contributed by atoms with Crippen LogP contribution < -0.4 is 20.3 Å². The monoisotopic (exact) mass is 384 g/mol. The van der Waals surface area contributed by atoms with Gasteiger partial charge in [-0.15, -0.1) is 0 Å². The van der Waals surface area contributed by atoms with Gasteiger partial charge in [-0.2, -0.15) is 0 Å². The van der Waals surface area contributed by atoms with Crippen molar-refractivity contribution in [3.05, 3.63) is 53.7 Å². The number of nitrogens with one attached hydrogen (secondary N) is 2. The summed E-state index contributed by atoms with van der Waals surface area (Å²) >= 11 is 0. The molecule has 0 bridgehead atoms. The molecule has 0 saturated carbocycles. The molecule has 0 aliphatic heterocycles. The van der Waals surface area contributed by atoms with Crippen LogP contribution in [0, 0.1) is 0 Å². The predicted octanol–water partition coefficient (Wildman–Crippen LogP) is 2.37. The van der Waals surface area contributed by atoms with Gasteiger partial charge in [-0.3, -0.25) is 9.59 Å². The van der Waals surface area contributed by atoms with E-state index in [9.17, 15) is 9.59 Å². The number of anilines is 1. The van der Waals surface area contributed by atoms with Crippen LogP contribution in [-0.4, -0.2) is 44.0 Å². The first-order chi connectivity index (χ1) is 13.5. The molecule has 0 aliphatic carbocycles. The maximum absolute atomic E-state index is 12.2. The van der Waals surface area contributed by atoms with Gasteiger partial charge in [-0.1, -0.05) is 13.3 Å². The number of amides is 2. The van der Waals surface area contributed by atoms with Crippen LogP contribution in [0.1, 0.15) is 35.7 Å². The number of nitrogens with zero attached hydrogens (tertiary/aromatic N) is 2. The van der Waals surface area contributed by atoms with Crippen molar-refractivity contribution < 1.29 is 14.3 Å². The second-order valence-electron chi connectivity index (χ2n) is 6.60. The van der Waals surface area contributed by atoms with E-state index in [0.29, 0.717) is 18.7 Å². The van der Waals surface area contributed by atoms with Crippen molar-refractivity contribution in [3.8, 4) is 5.75 Å². The molecule has 2 rings (SSSR count). The largest absolute Gasteiger partial charge is 0.494 e. The van der Waals surface area contributed by atoms with E-state index in [1.165, 1.54) is 0 Å². The number of carbonyl (C=O) groups excluding carboxylic acids is 2. The maximum Gasteiger partial charge on any atom is 0.251 e. The standard InChI is InChI=1S/C21H28N4O3/c1-4-5-12-28-18-8-6-17(7-9-18)21(27)24-15-20(26)23-14-16-10-11-22-19(13-16)25(2)3/h6-11,13H,4-5,12,14-15H2,1-3H3,(H,23,26)(H,24,27). The molecule has 2 amide bonds. The van der Waals surface area contributed by atoms with Crippen LogP contribution in [0.15, 0.2) is 42.6 Å². The number of hydrogen-bond donors (Lipinski definition) is 2. The first-order valence-electron chi connectivity index (χ1n) is 9.39. The average Bonchev–Trinajstić information content (AvgIpc) is 2.71. The summed E-state index contributed by atoms with van der Waals surface area (Å²) in [4.78, 5) is 30.3. The van der Waals surface area contributed by atoms with Crippen LogP contribution in [-0.2, 0) is 11.3 Å². The highest BCUT2D eigenvalue weighted by Gasteiger charge is 2.09. The molecule has 1 aromatic carbocycles. The molecule has 0 radical (unpaired) electrons. The number of benzene rings is 1. The molecule has 0 saturated heterocycles. The van der Waals surface area contributed by atoms with Gasteiger partial charge >= 0.3 is 0 Å². The van der Waals surface area contributed by atoms with Crippen LogP contribution in [0.2, 0.25) is 0 Å². The minimum atomic E-state index is -0.297. The van der Waals surface area contributed by atoms with E-state index < -0.39 is 0 Å². The van der Waals surface area contributed by atoms with Gasteiger partial charge in [0.25, 0.3) is 5.91 Å². The zero-order valence-corrected chi connectivity index (χ0v) is 16.7. The molecule has 28 heavy (non-hydrogen) atoms. The minimum absolute atomic E-state index is 0.0841. The molecule has 150 valence electrons. The Labute approximate surface area is 166 Å². The molecule has 0 atom stereocenters. The van der Waals surface area contributed by atoms with Gasteiger partial charge in [0.2, 0.25) is 5.91 Å². The molecule has 0 fully saturated rings. The molecular weight excluding hydrogens is 356 g/mol. The molecule has 0 spiro atoms. The Bertz CT molecular complexity index is 775. The van der Waals surface area contributed by atoms with E-state index in [2.05, 4.69) is 22.5 Å². The number of carbonyl (C=O) groups is 2. The molecule has 0 aliphatic rings. The van der Waals surface area contributed by atoms with E-state index in [4.69, 9.17) is 4.74 Å². The lowest BCUT2D eigenvalue weighted by atomic mass is 10.2. The van der Waals surface area contributed by atoms with Gasteiger partial charge < -0.3 is 20.3 Å². The van der Waals surface area contributed by atoms with Gasteiger partial charge in [0.15, 0.2) is 0 Å². The Morgan fingerprint density at radius 2 is 1.86 bits per heavy atom. The zero-order chi connectivity index (χ0) is 20.4. The Morgan fingerprint density at radius 1 is 1.11 bits per heavy atom. The molecule has 1 aromatic heterocycles. The van der Waals surface area contributed by atoms with Crippen LogP contribution in [0.4, 0.5) is 5.82 Å². The summed E-state index contributed by atoms with van der Waals surface area (Å²) in [5.41, 5.74) is 1.43. The summed E-state index contributed by atoms with van der Waals surface area (Å²) in [6.45, 7) is 3.06. The van der Waals surface area contributed by atoms with E-state index >= 15 is 0 Å². The fourth-order valence-electron chi connectivity index (χ4n) is 2.38. The van der Waals surface area contributed by atoms with Gasteiger partial charge in [0.05, 0.1) is 13.2 Å². The van der Waals surface area contributed by atoms with Crippen molar-refractivity contribution in [2.45, 2.75) is 26.3 Å². The molecule has 2 aromatic rings. The lowest BCUT2D eigenvalue weighted by Crippen LogP contribution is -2.36. The van der Waals surface area contributed by atoms with E-state index in [0.717, 1.165) is 30.0 Å². The number of hydrogen-bond acceptors (Lipinski definition) is 5. The third kappa shape index (κ3) is 6.90. The summed E-state index contributed by atoms with van der Waals surface area (Å²) in [5.74, 6) is 1.00. The fraction of sp³-hybridized carbons (Fsp3) is 0.381. The highest BCUT2D eigenvalue weighted by atomic mass is 16.5. The third-order valence-corrected chi connectivity index (χ3v) is 4.05. The van der Waals surface area contributed by atoms with Crippen LogP contribution >= 0.6 is 0 Å². The average molecular weight is 384 g/mol. The fourth-order valence-corrected chi connectivity index (χ4v) is 2.38. The summed E-state index contributed by atoms with van der Waals surface area (Å²) in [7, 11) is 3.81. The molecule has 1 heterocycles. The molecule has 7 heteroatoms. The molecule has 2 N–H and O–H groups in total. The predicted molar refractivity (Wildman–Crippen MR) is 110 cm³/mol. The van der Waals surface area contributed by atoms with Crippen molar-refractivity contribution in [1.82, 2.24) is 15.6 Å². The van der Waals surface area contributed by atoms with E-state index in [1.54, 1.807) is 30.5 Å². The number of aromatic nitrogens is 1. The van der Waals surface area contributed by atoms with E-state index in [1.807, 2.05) is 31.1 Å². The number of pyridine rings is 1. The lowest BCUT2D eigenvalue weighted by Gasteiger charge is -2.12. The lowest BCUT2D eigenvalue weighted by molar-refractivity contribution is -0.120. The van der Waals surface area contributed by atoms with Gasteiger partial charge in [-0.25, -0.2) is 4.98 Å². The molecule has 7 nitrogen and oxygen atoms in total. The first-order valence-corrected chi connectivity index (χ1v) is 9.39. The van der Waals surface area contributed by atoms with Crippen molar-refractivity contribution in [1.29, 1.82) is 0 Å². The summed E-state index contributed by atoms with van der Waals surface area (Å²) in [6.07, 6.45) is 3.77. The van der Waals surface area contributed by atoms with E-state index in [-0.39, 0.29) is 18.4 Å². The summed E-state index contributed by atoms with van der Waals surface area (Å²) in [5, 5.41) is 5.41. The number of ether oxygens (including phenoxy) is 1. The van der Waals surface area contributed by atoms with Gasteiger partial charge in [-0.05, 0) is 48.4 Å². The molecule has 0 unspecified atom stereocenters. The highest BCUT2D eigenvalue weighted by molar-refractivity contribution is 5.96. The van der Waals surface area contributed by atoms with Crippen molar-refractivity contribution in [2.75, 3.05) is 32.1 Å². The van der Waals surface area contributed by atoms with Crippen LogP contribution in [0.25, 0.3) is 0 Å². The summed E-state index contributed by atoms with van der Waals surface area (Å²) < 4.78 is 5.57. The normalized spacial score (nSPS) is 10.2.